The van der Waals surface area contributed by atoms with Gasteiger partial charge in [0, 0.05) is 11.8 Å². The van der Waals surface area contributed by atoms with E-state index in [1.54, 1.807) is 24.3 Å². The minimum absolute atomic E-state index is 0.0823. The Balaban J connectivity index is 1.46. The Morgan fingerprint density at radius 1 is 0.929 bits per heavy atom. The first kappa shape index (κ1) is 17.4. The fourth-order valence-electron chi connectivity index (χ4n) is 5.62. The van der Waals surface area contributed by atoms with Crippen molar-refractivity contribution in [2.45, 2.75) is 32.1 Å². The van der Waals surface area contributed by atoms with Crippen molar-refractivity contribution in [1.82, 2.24) is 0 Å². The summed E-state index contributed by atoms with van der Waals surface area (Å²) in [6.45, 7) is 0. The number of ether oxygens (including phenoxy) is 1. The van der Waals surface area contributed by atoms with Gasteiger partial charge in [-0.1, -0.05) is 29.7 Å². The summed E-state index contributed by atoms with van der Waals surface area (Å²) < 4.78 is 4.71. The van der Waals surface area contributed by atoms with Gasteiger partial charge in [0.15, 0.2) is 0 Å². The van der Waals surface area contributed by atoms with E-state index in [1.165, 1.54) is 42.4 Å². The summed E-state index contributed by atoms with van der Waals surface area (Å²) in [5.41, 5.74) is 3.80. The first-order valence-corrected chi connectivity index (χ1v) is 10.1. The Bertz CT molecular complexity index is 884. The Morgan fingerprint density at radius 3 is 2.04 bits per heavy atom. The number of imide groups is 1. The second kappa shape index (κ2) is 6.43. The second-order valence-corrected chi connectivity index (χ2v) is 8.16. The van der Waals surface area contributed by atoms with Crippen LogP contribution in [0, 0.1) is 23.7 Å². The molecule has 2 bridgehead atoms. The first-order chi connectivity index (χ1) is 13.6. The van der Waals surface area contributed by atoms with Crippen LogP contribution in [0.1, 0.15) is 42.5 Å². The van der Waals surface area contributed by atoms with Gasteiger partial charge in [0.2, 0.25) is 11.8 Å². The van der Waals surface area contributed by atoms with E-state index in [2.05, 4.69) is 12.2 Å². The van der Waals surface area contributed by atoms with E-state index in [-0.39, 0.29) is 35.5 Å². The van der Waals surface area contributed by atoms with Gasteiger partial charge >= 0.3 is 5.97 Å². The summed E-state index contributed by atoms with van der Waals surface area (Å²) in [6.07, 6.45) is 10.2. The molecule has 0 spiro atoms. The predicted molar refractivity (Wildman–Crippen MR) is 103 cm³/mol. The Labute approximate surface area is 164 Å². The number of amides is 2. The topological polar surface area (TPSA) is 63.7 Å². The number of carbonyl (C=O) groups is 3. The normalized spacial score (nSPS) is 31.0. The molecule has 1 aromatic rings. The molecule has 1 heterocycles. The van der Waals surface area contributed by atoms with Gasteiger partial charge in [-0.3, -0.25) is 9.59 Å². The van der Waals surface area contributed by atoms with Crippen LogP contribution in [0.15, 0.2) is 47.6 Å². The molecule has 0 radical (unpaired) electrons. The van der Waals surface area contributed by atoms with Gasteiger partial charge in [-0.15, -0.1) is 0 Å². The van der Waals surface area contributed by atoms with Crippen LogP contribution in [-0.2, 0) is 14.3 Å². The number of hydrogen-bond acceptors (Lipinski definition) is 4. The van der Waals surface area contributed by atoms with Crippen molar-refractivity contribution in [2.24, 2.45) is 23.7 Å². The molecule has 5 nitrogen and oxygen atoms in total. The molecule has 3 fully saturated rings. The van der Waals surface area contributed by atoms with Crippen molar-refractivity contribution in [3.63, 3.8) is 0 Å². The fourth-order valence-corrected chi connectivity index (χ4v) is 5.62. The van der Waals surface area contributed by atoms with E-state index >= 15 is 0 Å². The molecular weight excluding hydrogens is 354 g/mol. The number of hydrogen-bond donors (Lipinski definition) is 0. The van der Waals surface area contributed by atoms with E-state index < -0.39 is 5.97 Å². The van der Waals surface area contributed by atoms with Gasteiger partial charge in [-0.05, 0) is 49.9 Å². The molecule has 0 N–H and O–H groups in total. The molecule has 5 heteroatoms. The standard InChI is InChI=1S/C23H23NO4/c1-28-23(27)14-7-9-15(10-8-14)24-21(25)19-16-11-12-17(20(19)22(24)26)18(16)13-5-3-2-4-6-13/h7-12,16-17,19-20H,2-6H2,1H3/t16-,17-,19+,20+/m1/s1. The number of nitrogens with zero attached hydrogens (tertiary/aromatic N) is 1. The lowest BCUT2D eigenvalue weighted by molar-refractivity contribution is -0.122. The van der Waals surface area contributed by atoms with Crippen LogP contribution in [0.5, 0.6) is 0 Å². The Kier molecular flexibility index (Phi) is 4.00. The zero-order valence-corrected chi connectivity index (χ0v) is 15.9. The van der Waals surface area contributed by atoms with E-state index in [4.69, 9.17) is 4.74 Å². The molecule has 4 atom stereocenters. The molecule has 1 saturated heterocycles. The second-order valence-electron chi connectivity index (χ2n) is 8.16. The third kappa shape index (κ3) is 2.35. The molecule has 0 unspecified atom stereocenters. The zero-order chi connectivity index (χ0) is 19.4. The van der Waals surface area contributed by atoms with Crippen molar-refractivity contribution < 1.29 is 19.1 Å². The van der Waals surface area contributed by atoms with Gasteiger partial charge in [0.25, 0.3) is 0 Å². The Hall–Kier alpha value is -2.69. The predicted octanol–water partition coefficient (Wildman–Crippen LogP) is 3.66. The van der Waals surface area contributed by atoms with Crippen LogP contribution in [0.25, 0.3) is 0 Å². The Morgan fingerprint density at radius 2 is 1.50 bits per heavy atom. The third-order valence-corrected chi connectivity index (χ3v) is 6.83. The lowest BCUT2D eigenvalue weighted by atomic mass is 9.85. The van der Waals surface area contributed by atoms with Gasteiger partial charge in [-0.2, -0.15) is 0 Å². The summed E-state index contributed by atoms with van der Waals surface area (Å²) in [5.74, 6) is -1.02. The van der Waals surface area contributed by atoms with E-state index in [0.29, 0.717) is 11.3 Å². The first-order valence-electron chi connectivity index (χ1n) is 10.1. The number of methoxy groups -OCH3 is 1. The highest BCUT2D eigenvalue weighted by Crippen LogP contribution is 2.58. The number of fused-ring (bicyclic) bond motifs is 5. The quantitative estimate of drug-likeness (QED) is 0.448. The molecule has 2 amide bonds. The number of carbonyl (C=O) groups excluding carboxylic acids is 3. The number of esters is 1. The summed E-state index contributed by atoms with van der Waals surface area (Å²) in [7, 11) is 1.33. The smallest absolute Gasteiger partial charge is 0.337 e. The lowest BCUT2D eigenvalue weighted by Gasteiger charge is -2.23. The van der Waals surface area contributed by atoms with Crippen LogP contribution >= 0.6 is 0 Å². The van der Waals surface area contributed by atoms with Crippen LogP contribution in [0.3, 0.4) is 0 Å². The molecule has 3 aliphatic carbocycles. The van der Waals surface area contributed by atoms with Crippen molar-refractivity contribution in [3.05, 3.63) is 53.1 Å². The summed E-state index contributed by atoms with van der Waals surface area (Å²) in [5, 5.41) is 0. The fraction of sp³-hybridized carbons (Fsp3) is 0.435. The van der Waals surface area contributed by atoms with Crippen molar-refractivity contribution >= 4 is 23.5 Å². The highest BCUT2D eigenvalue weighted by atomic mass is 16.5. The molecule has 4 aliphatic rings. The molecule has 1 aromatic carbocycles. The molecular formula is C23H23NO4. The summed E-state index contributed by atoms with van der Waals surface area (Å²) in [4.78, 5) is 39.5. The average molecular weight is 377 g/mol. The lowest BCUT2D eigenvalue weighted by Crippen LogP contribution is -2.33. The summed E-state index contributed by atoms with van der Waals surface area (Å²) in [6, 6.07) is 6.49. The molecule has 0 aromatic heterocycles. The van der Waals surface area contributed by atoms with Crippen molar-refractivity contribution in [3.8, 4) is 0 Å². The molecule has 1 aliphatic heterocycles. The van der Waals surface area contributed by atoms with Gasteiger partial charge in [0.1, 0.15) is 0 Å². The van der Waals surface area contributed by atoms with Gasteiger partial charge < -0.3 is 4.74 Å². The SMILES string of the molecule is COC(=O)c1ccc(N2C(=O)[C@@H]3[C@@H](C2=O)[C@@H]2C=C[C@@H]3C2=C2CCCCC2)cc1. The van der Waals surface area contributed by atoms with Gasteiger partial charge in [0.05, 0.1) is 30.2 Å². The minimum Gasteiger partial charge on any atom is -0.465 e. The van der Waals surface area contributed by atoms with E-state index in [0.717, 1.165) is 12.8 Å². The number of anilines is 1. The maximum absolute atomic E-state index is 13.2. The number of rotatable bonds is 2. The van der Waals surface area contributed by atoms with Crippen LogP contribution in [0.4, 0.5) is 5.69 Å². The van der Waals surface area contributed by atoms with Crippen LogP contribution < -0.4 is 4.90 Å². The largest absolute Gasteiger partial charge is 0.465 e. The minimum atomic E-state index is -0.437. The number of allylic oxidation sites excluding steroid dienone is 4. The zero-order valence-electron chi connectivity index (χ0n) is 15.9. The molecule has 5 rings (SSSR count). The van der Waals surface area contributed by atoms with Crippen molar-refractivity contribution in [2.75, 3.05) is 12.0 Å². The number of benzene rings is 1. The summed E-state index contributed by atoms with van der Waals surface area (Å²) >= 11 is 0. The van der Waals surface area contributed by atoms with E-state index in [1.807, 2.05) is 0 Å². The third-order valence-electron chi connectivity index (χ3n) is 6.83. The van der Waals surface area contributed by atoms with Crippen molar-refractivity contribution in [1.29, 1.82) is 0 Å². The average Bonchev–Trinajstić information content (AvgIpc) is 3.38. The maximum atomic E-state index is 13.2. The molecule has 2 saturated carbocycles. The molecule has 28 heavy (non-hydrogen) atoms. The van der Waals surface area contributed by atoms with Gasteiger partial charge in [-0.25, -0.2) is 9.69 Å². The van der Waals surface area contributed by atoms with Crippen LogP contribution in [-0.4, -0.2) is 24.9 Å². The highest BCUT2D eigenvalue weighted by Gasteiger charge is 2.62. The highest BCUT2D eigenvalue weighted by molar-refractivity contribution is 6.23. The van der Waals surface area contributed by atoms with E-state index in [9.17, 15) is 14.4 Å². The maximum Gasteiger partial charge on any atom is 0.337 e. The monoisotopic (exact) mass is 377 g/mol. The van der Waals surface area contributed by atoms with Crippen LogP contribution in [0.2, 0.25) is 0 Å². The molecule has 144 valence electrons.